The predicted molar refractivity (Wildman–Crippen MR) is 76.8 cm³/mol. The summed E-state index contributed by atoms with van der Waals surface area (Å²) in [5.41, 5.74) is 2.24. The Balaban J connectivity index is 2.14. The molecule has 3 rings (SSSR count). The fraction of sp³-hybridized carbons (Fsp3) is 0.500. The summed E-state index contributed by atoms with van der Waals surface area (Å²) in [5, 5.41) is 9.44. The number of hydrogen-bond donors (Lipinski definition) is 2. The molecule has 1 aromatic rings. The van der Waals surface area contributed by atoms with Gasteiger partial charge >= 0.3 is 0 Å². The monoisotopic (exact) mass is 290 g/mol. The number of aliphatic hydroxyl groups excluding tert-OH is 1. The lowest BCUT2D eigenvalue weighted by molar-refractivity contribution is -0.905. The number of aliphatic hydroxyl groups is 1. The summed E-state index contributed by atoms with van der Waals surface area (Å²) in [6.07, 6.45) is 0.310. The molecule has 5 nitrogen and oxygen atoms in total. The van der Waals surface area contributed by atoms with Gasteiger partial charge in [-0.2, -0.15) is 0 Å². The Labute approximate surface area is 124 Å². The number of ether oxygens (including phenoxy) is 3. The minimum absolute atomic E-state index is 0.0344. The van der Waals surface area contributed by atoms with Crippen LogP contribution in [0.25, 0.3) is 0 Å². The number of quaternary nitrogens is 1. The molecule has 0 bridgehead atoms. The van der Waals surface area contributed by atoms with E-state index in [1.165, 1.54) is 10.5 Å². The first-order chi connectivity index (χ1) is 10.1. The first-order valence-corrected chi connectivity index (χ1v) is 7.12. The number of rotatable bonds is 1. The average molecular weight is 290 g/mol. The van der Waals surface area contributed by atoms with Crippen LogP contribution in [0.2, 0.25) is 0 Å². The van der Waals surface area contributed by atoms with Gasteiger partial charge in [-0.15, -0.1) is 0 Å². The van der Waals surface area contributed by atoms with E-state index in [0.717, 1.165) is 24.3 Å². The van der Waals surface area contributed by atoms with Gasteiger partial charge in [0, 0.05) is 6.42 Å². The van der Waals surface area contributed by atoms with Gasteiger partial charge in [0.05, 0.1) is 26.3 Å². The Morgan fingerprint density at radius 2 is 2.29 bits per heavy atom. The molecule has 0 aliphatic carbocycles. The van der Waals surface area contributed by atoms with Gasteiger partial charge in [0.2, 0.25) is 12.5 Å². The lowest BCUT2D eigenvalue weighted by Crippen LogP contribution is -3.10. The van der Waals surface area contributed by atoms with Crippen molar-refractivity contribution < 1.29 is 24.2 Å². The van der Waals surface area contributed by atoms with E-state index in [1.807, 2.05) is 6.07 Å². The molecular weight excluding hydrogens is 270 g/mol. The van der Waals surface area contributed by atoms with E-state index in [1.54, 1.807) is 14.0 Å². The SMILES string of the molecule is COc1c2c(cc3c1[C@H](C#C[C@@H](C)O)[NH+](C)CC3)OCO2. The van der Waals surface area contributed by atoms with Gasteiger partial charge in [0.15, 0.2) is 17.5 Å². The van der Waals surface area contributed by atoms with Crippen LogP contribution in [0.3, 0.4) is 0 Å². The summed E-state index contributed by atoms with van der Waals surface area (Å²) in [5.74, 6) is 8.16. The highest BCUT2D eigenvalue weighted by Crippen LogP contribution is 2.47. The van der Waals surface area contributed by atoms with E-state index < -0.39 is 6.10 Å². The number of nitrogens with one attached hydrogen (secondary N) is 1. The Morgan fingerprint density at radius 3 is 3.00 bits per heavy atom. The lowest BCUT2D eigenvalue weighted by atomic mass is 9.91. The number of fused-ring (bicyclic) bond motifs is 2. The molecule has 1 unspecified atom stereocenters. The van der Waals surface area contributed by atoms with Gasteiger partial charge in [-0.05, 0) is 24.5 Å². The van der Waals surface area contributed by atoms with Crippen LogP contribution >= 0.6 is 0 Å². The second-order valence-electron chi connectivity index (χ2n) is 5.46. The molecule has 112 valence electrons. The summed E-state index contributed by atoms with van der Waals surface area (Å²) >= 11 is 0. The normalized spacial score (nSPS) is 23.8. The summed E-state index contributed by atoms with van der Waals surface area (Å²) in [6.45, 7) is 2.87. The molecular formula is C16H20NO4+. The van der Waals surface area contributed by atoms with Gasteiger partial charge < -0.3 is 24.2 Å². The van der Waals surface area contributed by atoms with Crippen LogP contribution in [0.5, 0.6) is 17.2 Å². The molecule has 2 heterocycles. The summed E-state index contributed by atoms with van der Waals surface area (Å²) in [4.78, 5) is 1.29. The van der Waals surface area contributed by atoms with E-state index in [0.29, 0.717) is 11.5 Å². The number of likely N-dealkylation sites (N-methyl/N-ethyl adjacent to an activating group) is 1. The summed E-state index contributed by atoms with van der Waals surface area (Å²) < 4.78 is 16.6. The molecule has 0 fully saturated rings. The first kappa shape index (κ1) is 14.1. The molecule has 2 aliphatic heterocycles. The van der Waals surface area contributed by atoms with Crippen LogP contribution in [0.1, 0.15) is 24.1 Å². The zero-order chi connectivity index (χ0) is 15.0. The topological polar surface area (TPSA) is 52.4 Å². The highest BCUT2D eigenvalue weighted by molar-refractivity contribution is 5.62. The van der Waals surface area contributed by atoms with Crippen LogP contribution in [-0.2, 0) is 6.42 Å². The molecule has 0 amide bonds. The molecule has 5 heteroatoms. The van der Waals surface area contributed by atoms with Gasteiger partial charge in [0.1, 0.15) is 6.10 Å². The standard InChI is InChI=1S/C16H19NO4/c1-10(18)4-5-12-14-11(6-7-17(12)2)8-13-15(16(14)19-3)21-9-20-13/h8,10,12,18H,6-7,9H2,1-3H3/p+1/t10-,12+/m1/s1. The van der Waals surface area contributed by atoms with Crippen LogP contribution in [-0.4, -0.2) is 38.7 Å². The van der Waals surface area contributed by atoms with Crippen molar-refractivity contribution in [2.45, 2.75) is 25.5 Å². The third kappa shape index (κ3) is 2.41. The molecule has 0 radical (unpaired) electrons. The zero-order valence-corrected chi connectivity index (χ0v) is 12.5. The highest BCUT2D eigenvalue weighted by atomic mass is 16.7. The molecule has 2 N–H and O–H groups in total. The first-order valence-electron chi connectivity index (χ1n) is 7.12. The van der Waals surface area contributed by atoms with E-state index in [2.05, 4.69) is 18.9 Å². The highest BCUT2D eigenvalue weighted by Gasteiger charge is 2.35. The van der Waals surface area contributed by atoms with Crippen LogP contribution < -0.4 is 19.1 Å². The Morgan fingerprint density at radius 1 is 1.48 bits per heavy atom. The second kappa shape index (κ2) is 5.47. The quantitative estimate of drug-likeness (QED) is 0.711. The van der Waals surface area contributed by atoms with Crippen molar-refractivity contribution in [2.24, 2.45) is 0 Å². The smallest absolute Gasteiger partial charge is 0.231 e. The fourth-order valence-electron chi connectivity index (χ4n) is 2.93. The van der Waals surface area contributed by atoms with E-state index in [4.69, 9.17) is 14.2 Å². The van der Waals surface area contributed by atoms with Crippen molar-refractivity contribution >= 4 is 0 Å². The molecule has 3 atom stereocenters. The van der Waals surface area contributed by atoms with Crippen molar-refractivity contribution in [2.75, 3.05) is 27.5 Å². The van der Waals surface area contributed by atoms with Crippen LogP contribution in [0, 0.1) is 11.8 Å². The Kier molecular flexibility index (Phi) is 3.66. The predicted octanol–water partition coefficient (Wildman–Crippen LogP) is -0.0800. The largest absolute Gasteiger partial charge is 0.492 e. The molecule has 0 saturated carbocycles. The summed E-state index contributed by atoms with van der Waals surface area (Å²) in [6, 6.07) is 2.00. The van der Waals surface area contributed by atoms with E-state index in [9.17, 15) is 5.11 Å². The van der Waals surface area contributed by atoms with Crippen molar-refractivity contribution in [3.05, 3.63) is 17.2 Å². The van der Waals surface area contributed by atoms with E-state index >= 15 is 0 Å². The molecule has 0 spiro atoms. The van der Waals surface area contributed by atoms with Gasteiger partial charge in [-0.25, -0.2) is 0 Å². The van der Waals surface area contributed by atoms with Gasteiger partial charge in [-0.1, -0.05) is 5.92 Å². The molecule has 0 aromatic heterocycles. The number of hydrogen-bond acceptors (Lipinski definition) is 4. The molecule has 2 aliphatic rings. The van der Waals surface area contributed by atoms with E-state index in [-0.39, 0.29) is 12.8 Å². The third-order valence-corrected chi connectivity index (χ3v) is 3.95. The van der Waals surface area contributed by atoms with Crippen molar-refractivity contribution in [1.82, 2.24) is 0 Å². The lowest BCUT2D eigenvalue weighted by Gasteiger charge is -2.30. The summed E-state index contributed by atoms with van der Waals surface area (Å²) in [7, 11) is 3.75. The van der Waals surface area contributed by atoms with Crippen LogP contribution in [0.15, 0.2) is 6.07 Å². The van der Waals surface area contributed by atoms with Crippen molar-refractivity contribution in [3.8, 4) is 29.1 Å². The molecule has 0 saturated heterocycles. The number of benzene rings is 1. The third-order valence-electron chi connectivity index (χ3n) is 3.95. The van der Waals surface area contributed by atoms with Gasteiger partial charge in [0.25, 0.3) is 0 Å². The maximum absolute atomic E-state index is 9.44. The second-order valence-corrected chi connectivity index (χ2v) is 5.46. The van der Waals surface area contributed by atoms with Crippen molar-refractivity contribution in [3.63, 3.8) is 0 Å². The number of methoxy groups -OCH3 is 1. The minimum Gasteiger partial charge on any atom is -0.492 e. The van der Waals surface area contributed by atoms with Crippen LogP contribution in [0.4, 0.5) is 0 Å². The van der Waals surface area contributed by atoms with Crippen molar-refractivity contribution in [1.29, 1.82) is 0 Å². The minimum atomic E-state index is -0.636. The molecule has 21 heavy (non-hydrogen) atoms. The Hall–Kier alpha value is -1.90. The maximum Gasteiger partial charge on any atom is 0.231 e. The average Bonchev–Trinajstić information content (AvgIpc) is 2.91. The fourth-order valence-corrected chi connectivity index (χ4v) is 2.93. The van der Waals surface area contributed by atoms with Gasteiger partial charge in [-0.3, -0.25) is 0 Å². The zero-order valence-electron chi connectivity index (χ0n) is 12.5. The molecule has 1 aromatic carbocycles. The maximum atomic E-state index is 9.44. The Bertz CT molecular complexity index is 615.